The molecule has 3 N–H and O–H groups in total. The lowest BCUT2D eigenvalue weighted by Crippen LogP contribution is -2.51. The van der Waals surface area contributed by atoms with Gasteiger partial charge in [0.25, 0.3) is 0 Å². The number of nitrogens with zero attached hydrogens (tertiary/aromatic N) is 9. The van der Waals surface area contributed by atoms with Crippen molar-refractivity contribution in [2.45, 2.75) is 31.7 Å². The van der Waals surface area contributed by atoms with Gasteiger partial charge in [0.15, 0.2) is 23.1 Å². The fraction of sp³-hybridized carbons (Fsp3) is 0.647. The van der Waals surface area contributed by atoms with Crippen molar-refractivity contribution < 1.29 is 39.0 Å². The van der Waals surface area contributed by atoms with Crippen molar-refractivity contribution in [1.82, 2.24) is 24.8 Å². The van der Waals surface area contributed by atoms with Crippen LogP contribution in [0.3, 0.4) is 0 Å². The summed E-state index contributed by atoms with van der Waals surface area (Å²) in [4.78, 5) is 30.3. The number of piperidine rings is 1. The summed E-state index contributed by atoms with van der Waals surface area (Å²) in [6.07, 6.45) is 1.04. The minimum atomic E-state index is -0.720. The van der Waals surface area contributed by atoms with E-state index in [-0.39, 0.29) is 32.4 Å². The van der Waals surface area contributed by atoms with E-state index in [1.54, 1.807) is 40.4 Å². The molecule has 0 amide bonds. The number of ether oxygens (including phenoxy) is 5. The molecule has 0 spiro atoms. The van der Waals surface area contributed by atoms with Crippen LogP contribution in [0.15, 0.2) is 12.1 Å². The molecule has 0 bridgehead atoms. The lowest BCUT2D eigenvalue weighted by atomic mass is 10.1. The number of anilines is 4. The summed E-state index contributed by atoms with van der Waals surface area (Å²) in [5, 5.41) is 30.7. The van der Waals surface area contributed by atoms with Gasteiger partial charge in [0.1, 0.15) is 17.3 Å². The minimum Gasteiger partial charge on any atom is -0.493 e. The number of hydrogen-bond acceptors (Lipinski definition) is 17. The van der Waals surface area contributed by atoms with E-state index in [1.807, 2.05) is 33.9 Å². The van der Waals surface area contributed by atoms with Gasteiger partial charge in [0.2, 0.25) is 17.6 Å². The Hall–Kier alpha value is -4.00. The quantitative estimate of drug-likeness (QED) is 0.177. The molecule has 0 aliphatic carbocycles. The first-order valence-electron chi connectivity index (χ1n) is 17.3. The van der Waals surface area contributed by atoms with Gasteiger partial charge in [-0.15, -0.1) is 0 Å². The van der Waals surface area contributed by atoms with Crippen LogP contribution in [0.25, 0.3) is 11.0 Å². The van der Waals surface area contributed by atoms with Crippen molar-refractivity contribution in [3.8, 4) is 17.2 Å². The molecule has 0 saturated carbocycles. The van der Waals surface area contributed by atoms with Crippen LogP contribution in [0.4, 0.5) is 23.5 Å². The zero-order valence-electron chi connectivity index (χ0n) is 30.6. The van der Waals surface area contributed by atoms with E-state index in [0.29, 0.717) is 104 Å². The normalized spacial score (nSPS) is 17.2. The second-order valence-corrected chi connectivity index (χ2v) is 12.6. The smallest absolute Gasteiger partial charge is 0.228 e. The predicted octanol–water partition coefficient (Wildman–Crippen LogP) is 0.575. The summed E-state index contributed by atoms with van der Waals surface area (Å²) in [6, 6.07) is 3.77. The lowest BCUT2D eigenvalue weighted by Gasteiger charge is -2.38. The molecule has 282 valence electrons. The second kappa shape index (κ2) is 18.0. The third-order valence-electron chi connectivity index (χ3n) is 9.49. The number of likely N-dealkylation sites (N-methyl/N-ethyl adjacent to an activating group) is 1. The maximum atomic E-state index is 10.9. The average molecular weight is 716 g/mol. The van der Waals surface area contributed by atoms with Crippen LogP contribution in [0, 0.1) is 0 Å². The molecule has 1 unspecified atom stereocenters. The van der Waals surface area contributed by atoms with E-state index in [0.717, 1.165) is 18.4 Å². The third-order valence-corrected chi connectivity index (χ3v) is 9.49. The molecule has 4 heterocycles. The highest BCUT2D eigenvalue weighted by Gasteiger charge is 2.31. The predicted molar refractivity (Wildman–Crippen MR) is 194 cm³/mol. The van der Waals surface area contributed by atoms with Gasteiger partial charge in [-0.25, -0.2) is 9.97 Å². The van der Waals surface area contributed by atoms with E-state index >= 15 is 0 Å². The number of methoxy groups -OCH3 is 5. The molecule has 2 saturated heterocycles. The molecule has 17 nitrogen and oxygen atoms in total. The van der Waals surface area contributed by atoms with Gasteiger partial charge in [-0.1, -0.05) is 0 Å². The first kappa shape index (κ1) is 38.2. The van der Waals surface area contributed by atoms with Crippen LogP contribution in [0.1, 0.15) is 18.4 Å². The number of aliphatic hydroxyl groups is 3. The van der Waals surface area contributed by atoms with Gasteiger partial charge in [-0.3, -0.25) is 4.90 Å². The number of β-amino-alcohol motifs (C(OH)–C–C–N with tert-alkyl or cyclic N) is 1. The van der Waals surface area contributed by atoms with E-state index < -0.39 is 6.23 Å². The fourth-order valence-electron chi connectivity index (χ4n) is 6.54. The molecule has 1 aromatic carbocycles. The van der Waals surface area contributed by atoms with Crippen LogP contribution in [-0.4, -0.2) is 167 Å². The summed E-state index contributed by atoms with van der Waals surface area (Å²) < 4.78 is 28.3. The highest BCUT2D eigenvalue weighted by molar-refractivity contribution is 5.95. The van der Waals surface area contributed by atoms with Crippen molar-refractivity contribution in [3.05, 3.63) is 17.7 Å². The Labute approximate surface area is 299 Å². The largest absolute Gasteiger partial charge is 0.493 e. The fourth-order valence-corrected chi connectivity index (χ4v) is 6.54. The SMILES string of the molecule is COCCN(Cc1ccc(OC)c(OC)c1OC)c1nc(N2CCC(OC)CC2)c2nc(N(CCO)CCO)nc(N3CCN(C)C(O)C3)c2n1. The van der Waals surface area contributed by atoms with Crippen molar-refractivity contribution in [2.75, 3.05) is 134 Å². The molecule has 5 rings (SSSR count). The molecule has 0 radical (unpaired) electrons. The first-order chi connectivity index (χ1) is 24.8. The lowest BCUT2D eigenvalue weighted by molar-refractivity contribution is 0.0152. The number of aliphatic hydroxyl groups excluding tert-OH is 3. The van der Waals surface area contributed by atoms with Crippen LogP contribution in [0.5, 0.6) is 17.2 Å². The van der Waals surface area contributed by atoms with Gasteiger partial charge in [0, 0.05) is 72.1 Å². The summed E-state index contributed by atoms with van der Waals surface area (Å²) in [5.74, 6) is 3.52. The molecule has 17 heteroatoms. The standard InChI is InChI=1S/C34H53N9O8/c1-39-13-14-42(22-26(39)46)32-28-27(35-33(38-32)41(15-18-44)16-19-45)31(40-11-9-24(48-3)10-12-40)37-34(36-28)43(17-20-47-2)21-23-7-8-25(49-4)30(51-6)29(23)50-5/h7-8,24,26,44-46H,9-22H2,1-6H3. The van der Waals surface area contributed by atoms with Crippen LogP contribution in [-0.2, 0) is 16.0 Å². The molecular weight excluding hydrogens is 662 g/mol. The van der Waals surface area contributed by atoms with Crippen molar-refractivity contribution in [3.63, 3.8) is 0 Å². The molecule has 2 aliphatic rings. The van der Waals surface area contributed by atoms with Crippen molar-refractivity contribution in [2.24, 2.45) is 0 Å². The Morgan fingerprint density at radius 2 is 1.37 bits per heavy atom. The Kier molecular flexibility index (Phi) is 13.5. The van der Waals surface area contributed by atoms with E-state index in [4.69, 9.17) is 43.6 Å². The molecule has 2 aliphatic heterocycles. The van der Waals surface area contributed by atoms with Crippen molar-refractivity contribution in [1.29, 1.82) is 0 Å². The first-order valence-corrected chi connectivity index (χ1v) is 17.3. The Balaban J connectivity index is 1.73. The third kappa shape index (κ3) is 8.56. The topological polar surface area (TPSA) is 175 Å². The molecule has 2 fully saturated rings. The zero-order valence-corrected chi connectivity index (χ0v) is 30.6. The number of hydrogen-bond donors (Lipinski definition) is 3. The van der Waals surface area contributed by atoms with E-state index in [2.05, 4.69) is 4.90 Å². The number of aromatic nitrogens is 4. The van der Waals surface area contributed by atoms with Crippen LogP contribution in [0.2, 0.25) is 0 Å². The zero-order chi connectivity index (χ0) is 36.5. The maximum absolute atomic E-state index is 10.9. The highest BCUT2D eigenvalue weighted by atomic mass is 16.5. The minimum absolute atomic E-state index is 0.140. The Morgan fingerprint density at radius 1 is 0.745 bits per heavy atom. The van der Waals surface area contributed by atoms with Crippen LogP contribution >= 0.6 is 0 Å². The van der Waals surface area contributed by atoms with Gasteiger partial charge in [-0.05, 0) is 32.0 Å². The number of rotatable bonds is 17. The molecule has 51 heavy (non-hydrogen) atoms. The maximum Gasteiger partial charge on any atom is 0.228 e. The number of fused-ring (bicyclic) bond motifs is 1. The van der Waals surface area contributed by atoms with Gasteiger partial charge < -0.3 is 58.6 Å². The highest BCUT2D eigenvalue weighted by Crippen LogP contribution is 2.41. The summed E-state index contributed by atoms with van der Waals surface area (Å²) in [6.45, 7) is 4.22. The summed E-state index contributed by atoms with van der Waals surface area (Å²) >= 11 is 0. The molecule has 3 aromatic rings. The molecular formula is C34H53N9O8. The Bertz CT molecular complexity index is 1570. The summed E-state index contributed by atoms with van der Waals surface area (Å²) in [7, 11) is 10.0. The monoisotopic (exact) mass is 715 g/mol. The molecule has 2 aromatic heterocycles. The second-order valence-electron chi connectivity index (χ2n) is 12.6. The summed E-state index contributed by atoms with van der Waals surface area (Å²) in [5.41, 5.74) is 1.90. The molecule has 1 atom stereocenters. The van der Waals surface area contributed by atoms with Gasteiger partial charge >= 0.3 is 0 Å². The van der Waals surface area contributed by atoms with Gasteiger partial charge in [-0.2, -0.15) is 9.97 Å². The number of piperazine rings is 1. The van der Waals surface area contributed by atoms with Crippen LogP contribution < -0.4 is 33.8 Å². The van der Waals surface area contributed by atoms with E-state index in [9.17, 15) is 15.3 Å². The van der Waals surface area contributed by atoms with Gasteiger partial charge in [0.05, 0.1) is 53.8 Å². The number of benzene rings is 1. The van der Waals surface area contributed by atoms with E-state index in [1.165, 1.54) is 0 Å². The average Bonchev–Trinajstić information content (AvgIpc) is 3.16. The van der Waals surface area contributed by atoms with Crippen molar-refractivity contribution >= 4 is 34.6 Å². The Morgan fingerprint density at radius 3 is 1.92 bits per heavy atom.